The lowest BCUT2D eigenvalue weighted by atomic mass is 10.1. The van der Waals surface area contributed by atoms with Gasteiger partial charge in [0.15, 0.2) is 5.75 Å². The van der Waals surface area contributed by atoms with Gasteiger partial charge in [0.2, 0.25) is 0 Å². The molecular weight excluding hydrogens is 424 g/mol. The average Bonchev–Trinajstić information content (AvgIpc) is 2.60. The molecule has 0 radical (unpaired) electrons. The van der Waals surface area contributed by atoms with Crippen molar-refractivity contribution in [1.82, 2.24) is 0 Å². The third-order valence-electron chi connectivity index (χ3n) is 3.98. The van der Waals surface area contributed by atoms with E-state index in [1.165, 1.54) is 0 Å². The number of hydrogen-bond donors (Lipinski definition) is 4. The molecule has 0 spiro atoms. The Labute approximate surface area is 165 Å². The number of benzene rings is 3. The number of hydrogen-bond acceptors (Lipinski definition) is 8. The van der Waals surface area contributed by atoms with Crippen molar-refractivity contribution in [3.8, 4) is 11.5 Å². The summed E-state index contributed by atoms with van der Waals surface area (Å²) in [6, 6.07) is 8.90. The summed E-state index contributed by atoms with van der Waals surface area (Å²) in [7, 11) is -9.66. The predicted molar refractivity (Wildman–Crippen MR) is 102 cm³/mol. The van der Waals surface area contributed by atoms with Crippen molar-refractivity contribution in [3.63, 3.8) is 0 Å². The van der Waals surface area contributed by atoms with Gasteiger partial charge >= 0.3 is 0 Å². The zero-order valence-corrected chi connectivity index (χ0v) is 16.3. The number of phenols is 2. The Bertz CT molecular complexity index is 1360. The summed E-state index contributed by atoms with van der Waals surface area (Å²) in [5.74, 6) is -1.62. The maximum Gasteiger partial charge on any atom is 0.296 e. The summed E-state index contributed by atoms with van der Waals surface area (Å²) >= 11 is 0. The van der Waals surface area contributed by atoms with E-state index in [1.54, 1.807) is 24.3 Å². The topological polar surface area (TPSA) is 174 Å². The Morgan fingerprint density at radius 2 is 1.45 bits per heavy atom. The molecule has 0 heterocycles. The van der Waals surface area contributed by atoms with Crippen LogP contribution in [0.1, 0.15) is 5.56 Å². The van der Waals surface area contributed by atoms with Gasteiger partial charge in [-0.3, -0.25) is 9.11 Å². The normalized spacial score (nSPS) is 12.7. The first kappa shape index (κ1) is 20.7. The number of phenolic OH excluding ortho intramolecular Hbond substituents is 2. The van der Waals surface area contributed by atoms with Crippen LogP contribution >= 0.6 is 0 Å². The average molecular weight is 438 g/mol. The van der Waals surface area contributed by atoms with Gasteiger partial charge in [0.05, 0.1) is 16.0 Å². The fourth-order valence-electron chi connectivity index (χ4n) is 2.60. The highest BCUT2D eigenvalue weighted by Crippen LogP contribution is 2.45. The van der Waals surface area contributed by atoms with Gasteiger partial charge < -0.3 is 10.2 Å². The molecule has 0 aliphatic rings. The van der Waals surface area contributed by atoms with Gasteiger partial charge in [0, 0.05) is 6.07 Å². The van der Waals surface area contributed by atoms with Crippen LogP contribution in [0.4, 0.5) is 11.4 Å². The monoisotopic (exact) mass is 438 g/mol. The van der Waals surface area contributed by atoms with Crippen LogP contribution in [0.5, 0.6) is 11.5 Å². The highest BCUT2D eigenvalue weighted by Gasteiger charge is 2.25. The van der Waals surface area contributed by atoms with Crippen molar-refractivity contribution >= 4 is 42.4 Å². The van der Waals surface area contributed by atoms with Crippen LogP contribution in [0.25, 0.3) is 10.8 Å². The van der Waals surface area contributed by atoms with Crippen LogP contribution in [-0.4, -0.2) is 36.2 Å². The third-order valence-corrected chi connectivity index (χ3v) is 5.68. The molecule has 0 amide bonds. The number of aryl methyl sites for hydroxylation is 1. The van der Waals surface area contributed by atoms with Gasteiger partial charge in [-0.25, -0.2) is 0 Å². The fourth-order valence-corrected chi connectivity index (χ4v) is 3.79. The van der Waals surface area contributed by atoms with Crippen molar-refractivity contribution < 1.29 is 36.2 Å². The van der Waals surface area contributed by atoms with Crippen LogP contribution in [0, 0.1) is 6.92 Å². The molecule has 0 aliphatic carbocycles. The standard InChI is InChI=1S/C17H14N2O8S2/c1-9-2-4-11(5-3-9)18-19-16-14(29(25,26)27)7-10-6-12(28(22,23)24)8-13(20)15(10)17(16)21/h2-8,20-21H,1H3,(H,22,23,24)(H,25,26,27). The van der Waals surface area contributed by atoms with Crippen molar-refractivity contribution in [2.24, 2.45) is 10.2 Å². The van der Waals surface area contributed by atoms with Crippen molar-refractivity contribution in [2.75, 3.05) is 0 Å². The second kappa shape index (κ2) is 7.08. The van der Waals surface area contributed by atoms with Gasteiger partial charge in [-0.1, -0.05) is 17.7 Å². The molecule has 0 atom stereocenters. The van der Waals surface area contributed by atoms with Crippen molar-refractivity contribution in [3.05, 3.63) is 48.0 Å². The number of rotatable bonds is 4. The summed E-state index contributed by atoms with van der Waals surface area (Å²) in [5, 5.41) is 27.5. The number of fused-ring (bicyclic) bond motifs is 1. The molecule has 3 rings (SSSR count). The zero-order valence-electron chi connectivity index (χ0n) is 14.7. The number of nitrogens with zero attached hydrogens (tertiary/aromatic N) is 2. The van der Waals surface area contributed by atoms with Crippen molar-refractivity contribution in [2.45, 2.75) is 16.7 Å². The van der Waals surface area contributed by atoms with Crippen LogP contribution < -0.4 is 0 Å². The molecule has 3 aromatic carbocycles. The Balaban J connectivity index is 2.32. The van der Waals surface area contributed by atoms with Crippen LogP contribution in [0.15, 0.2) is 62.5 Å². The van der Waals surface area contributed by atoms with E-state index in [0.29, 0.717) is 11.8 Å². The molecule has 0 aliphatic heterocycles. The van der Waals surface area contributed by atoms with Gasteiger partial charge in [-0.05, 0) is 36.6 Å². The molecule has 0 saturated heterocycles. The van der Waals surface area contributed by atoms with Crippen LogP contribution in [0.2, 0.25) is 0 Å². The van der Waals surface area contributed by atoms with E-state index < -0.39 is 47.2 Å². The van der Waals surface area contributed by atoms with Crippen molar-refractivity contribution in [1.29, 1.82) is 0 Å². The third kappa shape index (κ3) is 4.19. The highest BCUT2D eigenvalue weighted by atomic mass is 32.2. The van der Waals surface area contributed by atoms with E-state index in [9.17, 15) is 31.6 Å². The largest absolute Gasteiger partial charge is 0.507 e. The highest BCUT2D eigenvalue weighted by molar-refractivity contribution is 7.86. The molecule has 152 valence electrons. The van der Waals surface area contributed by atoms with E-state index in [-0.39, 0.29) is 10.8 Å². The minimum atomic E-state index is -4.93. The number of aromatic hydroxyl groups is 2. The Hall–Kier alpha value is -3.06. The SMILES string of the molecule is Cc1ccc(N=Nc2c(S(=O)(=O)O)cc3cc(S(=O)(=O)O)cc(O)c3c2O)cc1. The predicted octanol–water partition coefficient (Wildman–Crippen LogP) is 3.47. The second-order valence-electron chi connectivity index (χ2n) is 6.10. The maximum absolute atomic E-state index is 11.8. The van der Waals surface area contributed by atoms with E-state index in [1.807, 2.05) is 6.92 Å². The molecular formula is C17H14N2O8S2. The lowest BCUT2D eigenvalue weighted by molar-refractivity contribution is 0.457. The summed E-state index contributed by atoms with van der Waals surface area (Å²) in [6.07, 6.45) is 0. The number of azo groups is 1. The van der Waals surface area contributed by atoms with E-state index in [0.717, 1.165) is 17.7 Å². The second-order valence-corrected chi connectivity index (χ2v) is 8.91. The maximum atomic E-state index is 11.8. The van der Waals surface area contributed by atoms with Gasteiger partial charge in [-0.15, -0.1) is 5.11 Å². The summed E-state index contributed by atoms with van der Waals surface area (Å²) in [4.78, 5) is -1.61. The Morgan fingerprint density at radius 3 is 2.00 bits per heavy atom. The molecule has 0 saturated carbocycles. The Morgan fingerprint density at radius 1 is 0.828 bits per heavy atom. The van der Waals surface area contributed by atoms with E-state index >= 15 is 0 Å². The van der Waals surface area contributed by atoms with E-state index in [2.05, 4.69) is 10.2 Å². The van der Waals surface area contributed by atoms with Gasteiger partial charge in [-0.2, -0.15) is 21.9 Å². The van der Waals surface area contributed by atoms with Gasteiger partial charge in [0.1, 0.15) is 16.3 Å². The Kier molecular flexibility index (Phi) is 5.04. The lowest BCUT2D eigenvalue weighted by Gasteiger charge is -2.11. The zero-order chi connectivity index (χ0) is 21.6. The summed E-state index contributed by atoms with van der Waals surface area (Å²) in [6.45, 7) is 1.84. The first-order valence-electron chi connectivity index (χ1n) is 7.84. The minimum Gasteiger partial charge on any atom is -0.507 e. The first-order chi connectivity index (χ1) is 13.4. The molecule has 3 aromatic rings. The molecule has 0 unspecified atom stereocenters. The molecule has 10 nitrogen and oxygen atoms in total. The fraction of sp³-hybridized carbons (Fsp3) is 0.0588. The van der Waals surface area contributed by atoms with E-state index in [4.69, 9.17) is 4.55 Å². The van der Waals surface area contributed by atoms with Crippen LogP contribution in [-0.2, 0) is 20.2 Å². The first-order valence-corrected chi connectivity index (χ1v) is 10.7. The minimum absolute atomic E-state index is 0.281. The molecule has 29 heavy (non-hydrogen) atoms. The quantitative estimate of drug-likeness (QED) is 0.354. The molecule has 0 aromatic heterocycles. The smallest absolute Gasteiger partial charge is 0.296 e. The summed E-state index contributed by atoms with van der Waals surface area (Å²) < 4.78 is 64.9. The summed E-state index contributed by atoms with van der Waals surface area (Å²) in [5.41, 5.74) is 0.605. The van der Waals surface area contributed by atoms with Gasteiger partial charge in [0.25, 0.3) is 20.2 Å². The molecule has 4 N–H and O–H groups in total. The molecule has 0 bridgehead atoms. The lowest BCUT2D eigenvalue weighted by Crippen LogP contribution is -2.01. The van der Waals surface area contributed by atoms with Crippen LogP contribution in [0.3, 0.4) is 0 Å². The molecule has 12 heteroatoms. The molecule has 0 fully saturated rings.